The van der Waals surface area contributed by atoms with Crippen molar-refractivity contribution >= 4 is 24.8 Å². The van der Waals surface area contributed by atoms with Crippen LogP contribution in [0.2, 0.25) is 0 Å². The fraction of sp³-hybridized carbons (Fsp3) is 0. The molecule has 5 heteroatoms. The molecule has 0 saturated carbocycles. The van der Waals surface area contributed by atoms with Crippen molar-refractivity contribution < 1.29 is 0 Å². The molecule has 0 bridgehead atoms. The van der Waals surface area contributed by atoms with Crippen LogP contribution < -0.4 is 0 Å². The van der Waals surface area contributed by atoms with Crippen LogP contribution in [0.5, 0.6) is 0 Å². The van der Waals surface area contributed by atoms with E-state index in [1.807, 2.05) is 6.07 Å². The largest absolute Gasteiger partial charge is 0.338 e. The number of nitrogens with one attached hydrogen (secondary N) is 1. The molecule has 0 unspecified atom stereocenters. The normalized spacial score (nSPS) is 8.80. The average molecular weight is 169 g/mol. The average Bonchev–Trinajstić information content (AvgIpc) is 1.88. The Morgan fingerprint density at radius 2 is 2.50 bits per heavy atom. The number of aromatic nitrogens is 2. The molecular formula is C5H3N3S2. The highest BCUT2D eigenvalue weighted by atomic mass is 32.1. The van der Waals surface area contributed by atoms with Crippen LogP contribution in [0, 0.1) is 16.0 Å². The third-order valence-corrected chi connectivity index (χ3v) is 1.41. The maximum atomic E-state index is 8.39. The summed E-state index contributed by atoms with van der Waals surface area (Å²) in [7, 11) is 0. The van der Waals surface area contributed by atoms with Crippen molar-refractivity contribution in [2.75, 3.05) is 0 Å². The van der Waals surface area contributed by atoms with Gasteiger partial charge in [-0.2, -0.15) is 5.26 Å². The fourth-order valence-corrected chi connectivity index (χ4v) is 0.933. The molecule has 1 aromatic heterocycles. The molecule has 0 aliphatic rings. The van der Waals surface area contributed by atoms with E-state index in [9.17, 15) is 0 Å². The second-order valence-electron chi connectivity index (χ2n) is 1.56. The molecule has 0 fully saturated rings. The number of hydrogen-bond acceptors (Lipinski definition) is 4. The van der Waals surface area contributed by atoms with Crippen LogP contribution in [0.4, 0.5) is 0 Å². The molecule has 0 aromatic carbocycles. The van der Waals surface area contributed by atoms with Crippen LogP contribution in [0.3, 0.4) is 0 Å². The zero-order valence-corrected chi connectivity index (χ0v) is 6.54. The Balaban J connectivity index is 3.37. The molecule has 1 N–H and O–H groups in total. The molecule has 3 nitrogen and oxygen atoms in total. The summed E-state index contributed by atoms with van der Waals surface area (Å²) in [5.74, 6) is 0. The lowest BCUT2D eigenvalue weighted by molar-refractivity contribution is 1.02. The van der Waals surface area contributed by atoms with Crippen molar-refractivity contribution in [3.63, 3.8) is 0 Å². The van der Waals surface area contributed by atoms with Crippen molar-refractivity contribution in [3.05, 3.63) is 16.5 Å². The minimum atomic E-state index is 0.261. The monoisotopic (exact) mass is 169 g/mol. The van der Waals surface area contributed by atoms with Crippen molar-refractivity contribution in [1.29, 1.82) is 5.26 Å². The number of rotatable bonds is 0. The molecule has 10 heavy (non-hydrogen) atoms. The molecule has 0 spiro atoms. The molecule has 1 heterocycles. The summed E-state index contributed by atoms with van der Waals surface area (Å²) in [5, 5.41) is 8.81. The predicted molar refractivity (Wildman–Crippen MR) is 41.4 cm³/mol. The summed E-state index contributed by atoms with van der Waals surface area (Å²) < 4.78 is 0.476. The minimum Gasteiger partial charge on any atom is -0.338 e. The summed E-state index contributed by atoms with van der Waals surface area (Å²) in [6, 6.07) is 1.86. The zero-order valence-electron chi connectivity index (χ0n) is 4.83. The summed E-state index contributed by atoms with van der Waals surface area (Å²) in [5.41, 5.74) is 0.261. The highest BCUT2D eigenvalue weighted by molar-refractivity contribution is 7.80. The van der Waals surface area contributed by atoms with Crippen LogP contribution in [-0.4, -0.2) is 9.97 Å². The Kier molecular flexibility index (Phi) is 2.04. The van der Waals surface area contributed by atoms with Gasteiger partial charge in [-0.25, -0.2) is 4.98 Å². The van der Waals surface area contributed by atoms with E-state index in [0.29, 0.717) is 9.67 Å². The van der Waals surface area contributed by atoms with Crippen LogP contribution >= 0.6 is 24.8 Å². The van der Waals surface area contributed by atoms with Gasteiger partial charge >= 0.3 is 0 Å². The minimum absolute atomic E-state index is 0.261. The molecule has 0 atom stereocenters. The van der Waals surface area contributed by atoms with Gasteiger partial charge in [-0.05, 0) is 0 Å². The van der Waals surface area contributed by atoms with E-state index in [2.05, 4.69) is 22.6 Å². The summed E-state index contributed by atoms with van der Waals surface area (Å²) in [4.78, 5) is 6.41. The van der Waals surface area contributed by atoms with Gasteiger partial charge in [0.25, 0.3) is 0 Å². The highest BCUT2D eigenvalue weighted by Crippen LogP contribution is 2.04. The highest BCUT2D eigenvalue weighted by Gasteiger charge is 1.95. The molecule has 0 amide bonds. The van der Waals surface area contributed by atoms with Crippen molar-refractivity contribution in [2.24, 2.45) is 0 Å². The van der Waals surface area contributed by atoms with Gasteiger partial charge in [0, 0.05) is 0 Å². The Morgan fingerprint density at radius 3 is 3.00 bits per heavy atom. The first-order chi connectivity index (χ1) is 4.74. The van der Waals surface area contributed by atoms with E-state index >= 15 is 0 Å². The van der Waals surface area contributed by atoms with E-state index < -0.39 is 0 Å². The summed E-state index contributed by atoms with van der Waals surface area (Å²) in [6.07, 6.45) is 1.41. The molecular weight excluding hydrogens is 166 g/mol. The fourth-order valence-electron chi connectivity index (χ4n) is 0.474. The van der Waals surface area contributed by atoms with Gasteiger partial charge in [-0.1, -0.05) is 12.2 Å². The van der Waals surface area contributed by atoms with Crippen LogP contribution in [-0.2, 0) is 0 Å². The maximum absolute atomic E-state index is 8.39. The SMILES string of the molecule is N#Cc1ncc(=S)[nH]c1S. The van der Waals surface area contributed by atoms with Crippen molar-refractivity contribution in [3.8, 4) is 6.07 Å². The molecule has 0 aliphatic heterocycles. The molecule has 1 aromatic rings. The Hall–Kier alpha value is -0.860. The van der Waals surface area contributed by atoms with Gasteiger partial charge in [-0.15, -0.1) is 12.6 Å². The Bertz CT molecular complexity index is 335. The number of nitrogens with zero attached hydrogens (tertiary/aromatic N) is 2. The van der Waals surface area contributed by atoms with E-state index in [-0.39, 0.29) is 5.69 Å². The molecule has 1 rings (SSSR count). The predicted octanol–water partition coefficient (Wildman–Crippen LogP) is 1.30. The zero-order chi connectivity index (χ0) is 7.56. The Morgan fingerprint density at radius 1 is 1.80 bits per heavy atom. The van der Waals surface area contributed by atoms with Gasteiger partial charge in [0.15, 0.2) is 5.69 Å². The molecule has 0 aliphatic carbocycles. The second kappa shape index (κ2) is 2.82. The van der Waals surface area contributed by atoms with Gasteiger partial charge in [0.05, 0.1) is 6.20 Å². The lowest BCUT2D eigenvalue weighted by atomic mass is 10.5. The number of nitriles is 1. The summed E-state index contributed by atoms with van der Waals surface area (Å²) in [6.45, 7) is 0. The number of thiol groups is 1. The number of aromatic amines is 1. The smallest absolute Gasteiger partial charge is 0.170 e. The van der Waals surface area contributed by atoms with Gasteiger partial charge < -0.3 is 4.98 Å². The van der Waals surface area contributed by atoms with Gasteiger partial charge in [0.1, 0.15) is 15.7 Å². The lowest BCUT2D eigenvalue weighted by Gasteiger charge is -1.91. The topological polar surface area (TPSA) is 52.5 Å². The first-order valence-corrected chi connectivity index (χ1v) is 3.28. The summed E-state index contributed by atoms with van der Waals surface area (Å²) >= 11 is 8.67. The number of hydrogen-bond donors (Lipinski definition) is 2. The Labute approximate surface area is 68.1 Å². The maximum Gasteiger partial charge on any atom is 0.170 e. The van der Waals surface area contributed by atoms with Gasteiger partial charge in [-0.3, -0.25) is 0 Å². The third-order valence-electron chi connectivity index (χ3n) is 0.883. The first kappa shape index (κ1) is 7.25. The molecule has 0 radical (unpaired) electrons. The van der Waals surface area contributed by atoms with Crippen LogP contribution in [0.1, 0.15) is 5.69 Å². The third kappa shape index (κ3) is 1.35. The van der Waals surface area contributed by atoms with E-state index in [1.165, 1.54) is 6.20 Å². The van der Waals surface area contributed by atoms with Crippen LogP contribution in [0.15, 0.2) is 11.2 Å². The second-order valence-corrected chi connectivity index (χ2v) is 2.44. The quantitative estimate of drug-likeness (QED) is 0.454. The van der Waals surface area contributed by atoms with E-state index in [1.54, 1.807) is 0 Å². The van der Waals surface area contributed by atoms with Crippen LogP contribution in [0.25, 0.3) is 0 Å². The van der Waals surface area contributed by atoms with E-state index in [4.69, 9.17) is 17.5 Å². The molecule has 50 valence electrons. The van der Waals surface area contributed by atoms with Gasteiger partial charge in [0.2, 0.25) is 0 Å². The molecule has 0 saturated heterocycles. The van der Waals surface area contributed by atoms with Crippen molar-refractivity contribution in [2.45, 2.75) is 5.03 Å². The number of H-pyrrole nitrogens is 1. The lowest BCUT2D eigenvalue weighted by Crippen LogP contribution is -1.87. The van der Waals surface area contributed by atoms with Crippen molar-refractivity contribution in [1.82, 2.24) is 9.97 Å². The first-order valence-electron chi connectivity index (χ1n) is 2.42. The standard InChI is InChI=1S/C5H3N3S2/c6-1-3-5(10)8-4(9)2-7-3/h2H,(H2,8,9,10). The van der Waals surface area contributed by atoms with E-state index in [0.717, 1.165) is 0 Å².